The summed E-state index contributed by atoms with van der Waals surface area (Å²) in [5.41, 5.74) is 4.08. The van der Waals surface area contributed by atoms with Crippen LogP contribution in [0.25, 0.3) is 17.2 Å². The van der Waals surface area contributed by atoms with Crippen LogP contribution in [0.2, 0.25) is 5.02 Å². The van der Waals surface area contributed by atoms with Gasteiger partial charge in [0, 0.05) is 40.5 Å². The number of nitrogens with zero attached hydrogens (tertiary/aromatic N) is 6. The molecule has 0 atom stereocenters. The number of benzene rings is 1. The minimum Gasteiger partial charge on any atom is -0.302 e. The van der Waals surface area contributed by atoms with E-state index in [-0.39, 0.29) is 0 Å². The molecule has 3 aromatic heterocycles. The van der Waals surface area contributed by atoms with Crippen molar-refractivity contribution in [2.24, 2.45) is 0 Å². The lowest BCUT2D eigenvalue weighted by molar-refractivity contribution is 0.687. The van der Waals surface area contributed by atoms with E-state index in [4.69, 9.17) is 11.6 Å². The van der Waals surface area contributed by atoms with Crippen molar-refractivity contribution in [2.75, 3.05) is 0 Å². The van der Waals surface area contributed by atoms with Crippen LogP contribution in [0.3, 0.4) is 0 Å². The Kier molecular flexibility index (Phi) is 4.88. The SMILES string of the molecule is CCn1c(SCc2cn3c(C)cc(C)nc3n2)nnc1-c1ccc(Cl)cc1. The van der Waals surface area contributed by atoms with Crippen LogP contribution in [0.5, 0.6) is 0 Å². The van der Waals surface area contributed by atoms with Gasteiger partial charge in [-0.25, -0.2) is 9.97 Å². The average Bonchev–Trinajstić information content (AvgIpc) is 3.24. The van der Waals surface area contributed by atoms with Gasteiger partial charge < -0.3 is 4.57 Å². The second-order valence-corrected chi connectivity index (χ2v) is 7.67. The Morgan fingerprint density at radius 2 is 1.85 bits per heavy atom. The van der Waals surface area contributed by atoms with Crippen LogP contribution in [0.4, 0.5) is 0 Å². The Labute approximate surface area is 166 Å². The number of aromatic nitrogens is 6. The monoisotopic (exact) mass is 398 g/mol. The third-order valence-corrected chi connectivity index (χ3v) is 5.55. The summed E-state index contributed by atoms with van der Waals surface area (Å²) in [6.07, 6.45) is 2.04. The highest BCUT2D eigenvalue weighted by atomic mass is 35.5. The largest absolute Gasteiger partial charge is 0.302 e. The number of aryl methyl sites for hydroxylation is 2. The number of fused-ring (bicyclic) bond motifs is 1. The maximum absolute atomic E-state index is 5.99. The highest BCUT2D eigenvalue weighted by molar-refractivity contribution is 7.98. The van der Waals surface area contributed by atoms with Gasteiger partial charge in [-0.15, -0.1) is 10.2 Å². The van der Waals surface area contributed by atoms with E-state index in [0.29, 0.717) is 10.8 Å². The molecule has 138 valence electrons. The first kappa shape index (κ1) is 18.0. The van der Waals surface area contributed by atoms with Crippen LogP contribution in [0.15, 0.2) is 41.7 Å². The van der Waals surface area contributed by atoms with Gasteiger partial charge in [0.05, 0.1) is 5.69 Å². The van der Waals surface area contributed by atoms with E-state index < -0.39 is 0 Å². The van der Waals surface area contributed by atoms with E-state index in [9.17, 15) is 0 Å². The summed E-state index contributed by atoms with van der Waals surface area (Å²) in [7, 11) is 0. The second-order valence-electron chi connectivity index (χ2n) is 6.29. The molecule has 0 N–H and O–H groups in total. The molecule has 0 unspecified atom stereocenters. The van der Waals surface area contributed by atoms with Crippen molar-refractivity contribution in [3.8, 4) is 11.4 Å². The maximum atomic E-state index is 5.99. The summed E-state index contributed by atoms with van der Waals surface area (Å²) in [5.74, 6) is 2.29. The molecule has 4 aromatic rings. The van der Waals surface area contributed by atoms with Crippen molar-refractivity contribution in [2.45, 2.75) is 38.2 Å². The van der Waals surface area contributed by atoms with Crippen LogP contribution >= 0.6 is 23.4 Å². The molecule has 8 heteroatoms. The fourth-order valence-electron chi connectivity index (χ4n) is 3.02. The van der Waals surface area contributed by atoms with Gasteiger partial charge in [-0.2, -0.15) is 0 Å². The van der Waals surface area contributed by atoms with Crippen LogP contribution in [0, 0.1) is 13.8 Å². The Morgan fingerprint density at radius 3 is 2.59 bits per heavy atom. The number of thioether (sulfide) groups is 1. The van der Waals surface area contributed by atoms with Gasteiger partial charge in [0.2, 0.25) is 5.78 Å². The number of hydrogen-bond acceptors (Lipinski definition) is 5. The van der Waals surface area contributed by atoms with Gasteiger partial charge in [0.15, 0.2) is 11.0 Å². The van der Waals surface area contributed by atoms with Gasteiger partial charge in [-0.1, -0.05) is 23.4 Å². The lowest BCUT2D eigenvalue weighted by Crippen LogP contribution is -1.99. The molecule has 0 aliphatic heterocycles. The molecule has 6 nitrogen and oxygen atoms in total. The van der Waals surface area contributed by atoms with Gasteiger partial charge >= 0.3 is 0 Å². The molecule has 0 saturated heterocycles. The summed E-state index contributed by atoms with van der Waals surface area (Å²) < 4.78 is 4.13. The predicted molar refractivity (Wildman–Crippen MR) is 108 cm³/mol. The van der Waals surface area contributed by atoms with E-state index in [1.807, 2.05) is 41.8 Å². The number of halogens is 1. The maximum Gasteiger partial charge on any atom is 0.234 e. The van der Waals surface area contributed by atoms with Gasteiger partial charge in [-0.05, 0) is 51.1 Å². The Balaban J connectivity index is 1.58. The third-order valence-electron chi connectivity index (χ3n) is 4.30. The third kappa shape index (κ3) is 3.57. The minimum absolute atomic E-state index is 0.709. The first-order valence-electron chi connectivity index (χ1n) is 8.69. The van der Waals surface area contributed by atoms with Crippen LogP contribution in [-0.2, 0) is 12.3 Å². The highest BCUT2D eigenvalue weighted by Crippen LogP contribution is 2.27. The first-order chi connectivity index (χ1) is 13.0. The van der Waals surface area contributed by atoms with E-state index in [1.54, 1.807) is 11.8 Å². The lowest BCUT2D eigenvalue weighted by Gasteiger charge is -2.06. The van der Waals surface area contributed by atoms with E-state index in [2.05, 4.69) is 44.6 Å². The highest BCUT2D eigenvalue weighted by Gasteiger charge is 2.14. The van der Waals surface area contributed by atoms with E-state index >= 15 is 0 Å². The standard InChI is InChI=1S/C19H19ClN6S/c1-4-25-17(14-5-7-15(20)8-6-14)23-24-19(25)27-11-16-10-26-13(3)9-12(2)21-18(26)22-16/h5-10H,4,11H2,1-3H3. The number of hydrogen-bond donors (Lipinski definition) is 0. The zero-order valence-corrected chi connectivity index (χ0v) is 16.9. The number of rotatable bonds is 5. The summed E-state index contributed by atoms with van der Waals surface area (Å²) in [6.45, 7) is 6.93. The van der Waals surface area contributed by atoms with Crippen LogP contribution in [-0.4, -0.2) is 29.1 Å². The molecule has 0 saturated carbocycles. The molecule has 0 amide bonds. The minimum atomic E-state index is 0.709. The molecule has 0 aliphatic rings. The molecule has 0 spiro atoms. The molecule has 0 fully saturated rings. The van der Waals surface area contributed by atoms with Crippen molar-refractivity contribution in [3.63, 3.8) is 0 Å². The zero-order chi connectivity index (χ0) is 19.0. The molecule has 0 aliphatic carbocycles. The summed E-state index contributed by atoms with van der Waals surface area (Å²) >= 11 is 7.62. The Morgan fingerprint density at radius 1 is 1.07 bits per heavy atom. The lowest BCUT2D eigenvalue weighted by atomic mass is 10.2. The zero-order valence-electron chi connectivity index (χ0n) is 15.3. The normalized spacial score (nSPS) is 11.4. The van der Waals surface area contributed by atoms with E-state index in [1.165, 1.54) is 0 Å². The molecule has 0 bridgehead atoms. The van der Waals surface area contributed by atoms with Crippen LogP contribution in [0.1, 0.15) is 24.0 Å². The topological polar surface area (TPSA) is 60.9 Å². The quantitative estimate of drug-likeness (QED) is 0.461. The number of imidazole rings is 1. The fraction of sp³-hybridized carbons (Fsp3) is 0.263. The average molecular weight is 399 g/mol. The van der Waals surface area contributed by atoms with Crippen LogP contribution < -0.4 is 0 Å². The van der Waals surface area contributed by atoms with Gasteiger partial charge in [0.25, 0.3) is 0 Å². The van der Waals surface area contributed by atoms with Crippen molar-refractivity contribution in [1.29, 1.82) is 0 Å². The van der Waals surface area contributed by atoms with Crippen molar-refractivity contribution >= 4 is 29.1 Å². The molecule has 4 rings (SSSR count). The molecule has 1 aromatic carbocycles. The summed E-state index contributed by atoms with van der Waals surface area (Å²) in [4.78, 5) is 9.13. The Bertz CT molecular complexity index is 1100. The fourth-order valence-corrected chi connectivity index (χ4v) is 4.03. The second kappa shape index (κ2) is 7.32. The summed E-state index contributed by atoms with van der Waals surface area (Å²) in [6, 6.07) is 9.72. The smallest absolute Gasteiger partial charge is 0.234 e. The molecule has 3 heterocycles. The van der Waals surface area contributed by atoms with Crippen molar-refractivity contribution in [3.05, 3.63) is 58.6 Å². The molecular weight excluding hydrogens is 380 g/mol. The van der Waals surface area contributed by atoms with E-state index in [0.717, 1.165) is 45.9 Å². The summed E-state index contributed by atoms with van der Waals surface area (Å²) in [5, 5.41) is 10.3. The molecule has 0 radical (unpaired) electrons. The molecular formula is C19H19ClN6S. The van der Waals surface area contributed by atoms with Gasteiger partial charge in [-0.3, -0.25) is 4.40 Å². The Hall–Kier alpha value is -2.38. The first-order valence-corrected chi connectivity index (χ1v) is 10.1. The predicted octanol–water partition coefficient (Wildman–Crippen LogP) is 4.57. The van der Waals surface area contributed by atoms with Crippen molar-refractivity contribution in [1.82, 2.24) is 29.1 Å². The van der Waals surface area contributed by atoms with Crippen molar-refractivity contribution < 1.29 is 0 Å². The van der Waals surface area contributed by atoms with Gasteiger partial charge in [0.1, 0.15) is 0 Å². The molecule has 27 heavy (non-hydrogen) atoms.